The Morgan fingerprint density at radius 3 is 3.00 bits per heavy atom. The van der Waals surface area contributed by atoms with Crippen molar-refractivity contribution in [2.75, 3.05) is 6.54 Å². The highest BCUT2D eigenvalue weighted by Gasteiger charge is 1.97. The molecule has 1 rings (SSSR count). The van der Waals surface area contributed by atoms with Crippen molar-refractivity contribution >= 4 is 5.91 Å². The number of nitrogens with one attached hydrogen (secondary N) is 1. The third-order valence-electron chi connectivity index (χ3n) is 2.07. The maximum Gasteiger partial charge on any atom is 0.219 e. The second-order valence-electron chi connectivity index (χ2n) is 3.34. The zero-order valence-corrected chi connectivity index (χ0v) is 9.42. The standard InChI is InChI=1S/C13H16N2O/c1-2-13(16)15-10-12-6-3-5-11(9-12)7-4-8-14/h3,5-6,9H,2,8,10,14H2,1H3,(H,15,16). The predicted octanol–water partition coefficient (Wildman–Crippen LogP) is 1.02. The highest BCUT2D eigenvalue weighted by atomic mass is 16.1. The van der Waals surface area contributed by atoms with Gasteiger partial charge in [0.05, 0.1) is 6.54 Å². The van der Waals surface area contributed by atoms with Crippen LogP contribution in [-0.2, 0) is 11.3 Å². The quantitative estimate of drug-likeness (QED) is 0.741. The van der Waals surface area contributed by atoms with Crippen molar-refractivity contribution in [1.82, 2.24) is 5.32 Å². The molecule has 0 saturated carbocycles. The summed E-state index contributed by atoms with van der Waals surface area (Å²) in [5.41, 5.74) is 7.27. The van der Waals surface area contributed by atoms with E-state index in [1.165, 1.54) is 0 Å². The van der Waals surface area contributed by atoms with Crippen LogP contribution >= 0.6 is 0 Å². The van der Waals surface area contributed by atoms with E-state index in [4.69, 9.17) is 5.73 Å². The molecule has 0 unspecified atom stereocenters. The first-order valence-corrected chi connectivity index (χ1v) is 5.31. The maximum atomic E-state index is 11.1. The van der Waals surface area contributed by atoms with E-state index in [0.717, 1.165) is 11.1 Å². The molecule has 0 spiro atoms. The van der Waals surface area contributed by atoms with Crippen LogP contribution < -0.4 is 11.1 Å². The van der Waals surface area contributed by atoms with E-state index in [1.54, 1.807) is 0 Å². The Balaban J connectivity index is 2.64. The number of amides is 1. The summed E-state index contributed by atoms with van der Waals surface area (Å²) in [6, 6.07) is 7.77. The summed E-state index contributed by atoms with van der Waals surface area (Å²) in [6.07, 6.45) is 0.507. The molecule has 0 radical (unpaired) electrons. The first-order chi connectivity index (χ1) is 7.76. The monoisotopic (exact) mass is 216 g/mol. The number of benzene rings is 1. The highest BCUT2D eigenvalue weighted by molar-refractivity contribution is 5.75. The van der Waals surface area contributed by atoms with Crippen molar-refractivity contribution in [1.29, 1.82) is 0 Å². The molecule has 0 aliphatic rings. The molecular weight excluding hydrogens is 200 g/mol. The number of rotatable bonds is 3. The lowest BCUT2D eigenvalue weighted by Gasteiger charge is -2.03. The Morgan fingerprint density at radius 1 is 1.50 bits per heavy atom. The van der Waals surface area contributed by atoms with Gasteiger partial charge in [-0.3, -0.25) is 4.79 Å². The Labute approximate surface area is 96.0 Å². The lowest BCUT2D eigenvalue weighted by molar-refractivity contribution is -0.120. The van der Waals surface area contributed by atoms with E-state index in [9.17, 15) is 4.79 Å². The molecule has 3 nitrogen and oxygen atoms in total. The number of carbonyl (C=O) groups is 1. The fourth-order valence-electron chi connectivity index (χ4n) is 1.24. The van der Waals surface area contributed by atoms with Crippen LogP contribution in [0, 0.1) is 11.8 Å². The summed E-state index contributed by atoms with van der Waals surface area (Å²) in [5, 5.41) is 2.82. The van der Waals surface area contributed by atoms with Gasteiger partial charge in [-0.05, 0) is 17.7 Å². The van der Waals surface area contributed by atoms with Crippen LogP contribution in [0.1, 0.15) is 24.5 Å². The highest BCUT2D eigenvalue weighted by Crippen LogP contribution is 2.03. The lowest BCUT2D eigenvalue weighted by atomic mass is 10.1. The van der Waals surface area contributed by atoms with Gasteiger partial charge in [0, 0.05) is 18.5 Å². The van der Waals surface area contributed by atoms with Gasteiger partial charge >= 0.3 is 0 Å². The second-order valence-corrected chi connectivity index (χ2v) is 3.34. The summed E-state index contributed by atoms with van der Waals surface area (Å²) >= 11 is 0. The molecular formula is C13H16N2O. The van der Waals surface area contributed by atoms with Crippen LogP contribution in [-0.4, -0.2) is 12.5 Å². The predicted molar refractivity (Wildman–Crippen MR) is 64.5 cm³/mol. The molecule has 0 bridgehead atoms. The Morgan fingerprint density at radius 2 is 2.31 bits per heavy atom. The van der Waals surface area contributed by atoms with Gasteiger partial charge in [0.2, 0.25) is 5.91 Å². The third-order valence-corrected chi connectivity index (χ3v) is 2.07. The molecule has 3 heteroatoms. The van der Waals surface area contributed by atoms with Crippen LogP contribution in [0.25, 0.3) is 0 Å². The zero-order chi connectivity index (χ0) is 11.8. The zero-order valence-electron chi connectivity index (χ0n) is 9.42. The van der Waals surface area contributed by atoms with Crippen LogP contribution in [0.3, 0.4) is 0 Å². The summed E-state index contributed by atoms with van der Waals surface area (Å²) in [5.74, 6) is 5.81. The average molecular weight is 216 g/mol. The smallest absolute Gasteiger partial charge is 0.219 e. The fraction of sp³-hybridized carbons (Fsp3) is 0.308. The number of hydrogen-bond acceptors (Lipinski definition) is 2. The van der Waals surface area contributed by atoms with E-state index in [-0.39, 0.29) is 5.91 Å². The van der Waals surface area contributed by atoms with Crippen molar-refractivity contribution in [3.63, 3.8) is 0 Å². The maximum absolute atomic E-state index is 11.1. The first kappa shape index (κ1) is 12.3. The molecule has 84 valence electrons. The van der Waals surface area contributed by atoms with Crippen molar-refractivity contribution < 1.29 is 4.79 Å². The molecule has 16 heavy (non-hydrogen) atoms. The Bertz CT molecular complexity index is 415. The van der Waals surface area contributed by atoms with Gasteiger partial charge in [-0.15, -0.1) is 0 Å². The molecule has 0 fully saturated rings. The van der Waals surface area contributed by atoms with Crippen LogP contribution in [0.4, 0.5) is 0 Å². The third kappa shape index (κ3) is 4.16. The molecule has 0 aliphatic carbocycles. The molecule has 0 atom stereocenters. The van der Waals surface area contributed by atoms with Gasteiger partial charge in [0.25, 0.3) is 0 Å². The topological polar surface area (TPSA) is 55.1 Å². The fourth-order valence-corrected chi connectivity index (χ4v) is 1.24. The van der Waals surface area contributed by atoms with Crippen molar-refractivity contribution in [3.05, 3.63) is 35.4 Å². The molecule has 0 saturated heterocycles. The summed E-state index contributed by atoms with van der Waals surface area (Å²) in [7, 11) is 0. The first-order valence-electron chi connectivity index (χ1n) is 5.31. The van der Waals surface area contributed by atoms with E-state index >= 15 is 0 Å². The van der Waals surface area contributed by atoms with Crippen LogP contribution in [0.2, 0.25) is 0 Å². The van der Waals surface area contributed by atoms with Gasteiger partial charge in [-0.2, -0.15) is 0 Å². The van der Waals surface area contributed by atoms with Gasteiger partial charge in [0.1, 0.15) is 0 Å². The van der Waals surface area contributed by atoms with Gasteiger partial charge in [-0.25, -0.2) is 0 Å². The van der Waals surface area contributed by atoms with Crippen molar-refractivity contribution in [2.24, 2.45) is 5.73 Å². The van der Waals surface area contributed by atoms with Gasteiger partial charge in [0.15, 0.2) is 0 Å². The summed E-state index contributed by atoms with van der Waals surface area (Å²) in [4.78, 5) is 11.1. The van der Waals surface area contributed by atoms with Crippen LogP contribution in [0.5, 0.6) is 0 Å². The largest absolute Gasteiger partial charge is 0.352 e. The molecule has 1 aromatic rings. The minimum Gasteiger partial charge on any atom is -0.352 e. The SMILES string of the molecule is CCC(=O)NCc1cccc(C#CCN)c1. The number of nitrogens with two attached hydrogens (primary N) is 1. The minimum atomic E-state index is 0.0541. The van der Waals surface area contributed by atoms with Gasteiger partial charge < -0.3 is 11.1 Å². The molecule has 1 aromatic carbocycles. The van der Waals surface area contributed by atoms with Gasteiger partial charge in [-0.1, -0.05) is 30.9 Å². The second kappa shape index (κ2) is 6.65. The van der Waals surface area contributed by atoms with E-state index in [2.05, 4.69) is 17.2 Å². The van der Waals surface area contributed by atoms with E-state index in [1.807, 2.05) is 31.2 Å². The molecule has 0 aliphatic heterocycles. The molecule has 3 N–H and O–H groups in total. The molecule has 0 aromatic heterocycles. The van der Waals surface area contributed by atoms with E-state index < -0.39 is 0 Å². The van der Waals surface area contributed by atoms with E-state index in [0.29, 0.717) is 19.5 Å². The molecule has 1 amide bonds. The Kier molecular flexibility index (Phi) is 5.10. The van der Waals surface area contributed by atoms with Crippen LogP contribution in [0.15, 0.2) is 24.3 Å². The summed E-state index contributed by atoms with van der Waals surface area (Å²) < 4.78 is 0. The minimum absolute atomic E-state index is 0.0541. The van der Waals surface area contributed by atoms with Crippen molar-refractivity contribution in [3.8, 4) is 11.8 Å². The Hall–Kier alpha value is -1.79. The number of hydrogen-bond donors (Lipinski definition) is 2. The van der Waals surface area contributed by atoms with Crippen molar-refractivity contribution in [2.45, 2.75) is 19.9 Å². The molecule has 0 heterocycles. The normalized spacial score (nSPS) is 9.12. The average Bonchev–Trinajstić information content (AvgIpc) is 2.34. The lowest BCUT2D eigenvalue weighted by Crippen LogP contribution is -2.21. The summed E-state index contributed by atoms with van der Waals surface area (Å²) in [6.45, 7) is 2.74. The number of carbonyl (C=O) groups excluding carboxylic acids is 1.